The Morgan fingerprint density at radius 1 is 1.43 bits per heavy atom. The number of carbonyl (C=O) groups excluding carboxylic acids is 1. The Bertz CT molecular complexity index is 212. The Morgan fingerprint density at radius 2 is 2.00 bits per heavy atom. The summed E-state index contributed by atoms with van der Waals surface area (Å²) in [4.78, 5) is 31.4. The molecule has 0 radical (unpaired) electrons. The van der Waals surface area contributed by atoms with Gasteiger partial charge in [-0.3, -0.25) is 4.89 Å². The number of hydrogen-bond acceptors (Lipinski definition) is 6. The van der Waals surface area contributed by atoms with Gasteiger partial charge in [0.05, 0.1) is 7.11 Å². The second kappa shape index (κ2) is 11.1. The molecule has 7 heteroatoms. The van der Waals surface area contributed by atoms with Crippen molar-refractivity contribution in [1.29, 1.82) is 0 Å². The van der Waals surface area contributed by atoms with E-state index in [1.54, 1.807) is 0 Å². The summed E-state index contributed by atoms with van der Waals surface area (Å²) in [6.45, 7) is 3.12. The molecule has 0 fully saturated rings. The molecule has 0 aromatic heterocycles. The monoisotopic (exact) mass is 205 g/mol. The third kappa shape index (κ3) is 16.6. The molecule has 80 valence electrons. The van der Waals surface area contributed by atoms with Gasteiger partial charge in [-0.1, -0.05) is 11.7 Å². The number of carboxylic acid groups (broad SMARTS) is 1. The highest BCUT2D eigenvalue weighted by molar-refractivity contribution is 6.21. The summed E-state index contributed by atoms with van der Waals surface area (Å²) in [6.07, 6.45) is 1.68. The van der Waals surface area contributed by atoms with Crippen molar-refractivity contribution in [3.05, 3.63) is 12.7 Å². The average molecular weight is 205 g/mol. The van der Waals surface area contributed by atoms with Crippen molar-refractivity contribution in [2.45, 2.75) is 0 Å². The van der Waals surface area contributed by atoms with Crippen LogP contribution in [0.2, 0.25) is 0 Å². The van der Waals surface area contributed by atoms with Crippen molar-refractivity contribution in [3.63, 3.8) is 0 Å². The number of rotatable bonds is 4. The number of oxime groups is 1. The minimum atomic E-state index is -1.11. The maximum absolute atomic E-state index is 9.95. The van der Waals surface area contributed by atoms with Gasteiger partial charge in [0.2, 0.25) is 0 Å². The Balaban J connectivity index is 0. The molecule has 14 heavy (non-hydrogen) atoms. The van der Waals surface area contributed by atoms with E-state index in [4.69, 9.17) is 5.11 Å². The van der Waals surface area contributed by atoms with Gasteiger partial charge in [0, 0.05) is 6.08 Å². The smallest absolute Gasteiger partial charge is 0.365 e. The molecular formula is C7H11NO6. The van der Waals surface area contributed by atoms with Crippen molar-refractivity contribution in [2.24, 2.45) is 5.16 Å². The first-order chi connectivity index (χ1) is 6.58. The maximum atomic E-state index is 9.95. The van der Waals surface area contributed by atoms with Crippen LogP contribution in [0.4, 0.5) is 0 Å². The molecule has 0 heterocycles. The summed E-state index contributed by atoms with van der Waals surface area (Å²) in [5, 5.41) is 10.8. The fourth-order valence-corrected chi connectivity index (χ4v) is 0.214. The second-order valence-electron chi connectivity index (χ2n) is 1.53. The summed E-state index contributed by atoms with van der Waals surface area (Å²) in [5.41, 5.74) is 0. The van der Waals surface area contributed by atoms with E-state index in [2.05, 4.69) is 26.3 Å². The van der Waals surface area contributed by atoms with Crippen molar-refractivity contribution in [1.82, 2.24) is 0 Å². The van der Waals surface area contributed by atoms with E-state index in [0.717, 1.165) is 6.08 Å². The fourth-order valence-electron chi connectivity index (χ4n) is 0.214. The molecule has 0 rings (SSSR count). The van der Waals surface area contributed by atoms with Gasteiger partial charge in [-0.15, -0.1) is 0 Å². The highest BCUT2D eigenvalue weighted by atomic mass is 17.2. The molecule has 0 saturated carbocycles. The van der Waals surface area contributed by atoms with Crippen LogP contribution in [0.15, 0.2) is 17.8 Å². The highest BCUT2D eigenvalue weighted by Gasteiger charge is 1.88. The molecule has 7 nitrogen and oxygen atoms in total. The molecule has 0 aliphatic heterocycles. The largest absolute Gasteiger partial charge is 0.477 e. The summed E-state index contributed by atoms with van der Waals surface area (Å²) in [5.74, 6) is -1.69. The number of aliphatic carboxylic acids is 1. The predicted molar refractivity (Wildman–Crippen MR) is 46.4 cm³/mol. The lowest BCUT2D eigenvalue weighted by molar-refractivity contribution is -0.249. The maximum Gasteiger partial charge on any atom is 0.365 e. The molecule has 0 spiro atoms. The first-order valence-corrected chi connectivity index (χ1v) is 3.25. The fraction of sp³-hybridized carbons (Fsp3) is 0.286. The van der Waals surface area contributed by atoms with Crippen LogP contribution in [0.5, 0.6) is 0 Å². The molecule has 0 aromatic rings. The molecule has 0 saturated heterocycles. The molecular weight excluding hydrogens is 194 g/mol. The lowest BCUT2D eigenvalue weighted by atomic mass is 10.7. The quantitative estimate of drug-likeness (QED) is 0.300. The van der Waals surface area contributed by atoms with Crippen LogP contribution < -0.4 is 0 Å². The van der Waals surface area contributed by atoms with Gasteiger partial charge in [0.25, 0.3) is 0 Å². The van der Waals surface area contributed by atoms with E-state index in [1.807, 2.05) is 0 Å². The molecule has 0 atom stereocenters. The van der Waals surface area contributed by atoms with Crippen molar-refractivity contribution < 1.29 is 29.3 Å². The topological polar surface area (TPSA) is 94.4 Å². The van der Waals surface area contributed by atoms with Crippen LogP contribution in [0.1, 0.15) is 0 Å². The summed E-state index contributed by atoms with van der Waals surface area (Å²) in [6, 6.07) is 0. The summed E-state index contributed by atoms with van der Waals surface area (Å²) in [7, 11) is 2.53. The summed E-state index contributed by atoms with van der Waals surface area (Å²) >= 11 is 0. The van der Waals surface area contributed by atoms with Gasteiger partial charge in [-0.25, -0.2) is 9.59 Å². The standard InChI is InChI=1S/C4H6O3.C3H5NO3/c1-3-4(5)7-6-2;1-7-4-2-3(5)6/h3H,1H2,2H3;2H,1H3,(H,5,6). The Labute approximate surface area is 80.5 Å². The second-order valence-corrected chi connectivity index (χ2v) is 1.53. The Kier molecular flexibility index (Phi) is 11.6. The highest BCUT2D eigenvalue weighted by Crippen LogP contribution is 1.74. The molecule has 0 unspecified atom stereocenters. The normalized spacial score (nSPS) is 8.43. The van der Waals surface area contributed by atoms with Crippen LogP contribution >= 0.6 is 0 Å². The number of carbonyl (C=O) groups is 2. The van der Waals surface area contributed by atoms with Crippen molar-refractivity contribution in [2.75, 3.05) is 14.2 Å². The zero-order chi connectivity index (χ0) is 11.4. The lowest BCUT2D eigenvalue weighted by Gasteiger charge is -1.88. The zero-order valence-corrected chi connectivity index (χ0v) is 7.80. The molecule has 0 aliphatic carbocycles. The molecule has 0 aliphatic rings. The SMILES string of the molecule is C=CC(=O)OOC.CON=CC(=O)O. The number of carboxylic acids is 1. The van der Waals surface area contributed by atoms with Gasteiger partial charge < -0.3 is 9.94 Å². The molecule has 0 bridgehead atoms. The molecule has 0 aromatic carbocycles. The van der Waals surface area contributed by atoms with Crippen molar-refractivity contribution in [3.8, 4) is 0 Å². The van der Waals surface area contributed by atoms with Crippen LogP contribution in [-0.4, -0.2) is 37.5 Å². The third-order valence-corrected chi connectivity index (χ3v) is 0.601. The third-order valence-electron chi connectivity index (χ3n) is 0.601. The van der Waals surface area contributed by atoms with Crippen LogP contribution in [0, 0.1) is 0 Å². The predicted octanol–water partition coefficient (Wildman–Crippen LogP) is -0.0198. The molecule has 0 amide bonds. The van der Waals surface area contributed by atoms with E-state index in [0.29, 0.717) is 6.21 Å². The van der Waals surface area contributed by atoms with Crippen LogP contribution in [0.25, 0.3) is 0 Å². The van der Waals surface area contributed by atoms with Gasteiger partial charge in [0.15, 0.2) is 6.21 Å². The summed E-state index contributed by atoms with van der Waals surface area (Å²) < 4.78 is 0. The van der Waals surface area contributed by atoms with Crippen molar-refractivity contribution >= 4 is 18.2 Å². The van der Waals surface area contributed by atoms with Gasteiger partial charge >= 0.3 is 11.9 Å². The van der Waals surface area contributed by atoms with E-state index < -0.39 is 11.9 Å². The average Bonchev–Trinajstić information content (AvgIpc) is 2.16. The van der Waals surface area contributed by atoms with Gasteiger partial charge in [-0.2, -0.15) is 4.89 Å². The van der Waals surface area contributed by atoms with E-state index >= 15 is 0 Å². The molecule has 1 N–H and O–H groups in total. The lowest BCUT2D eigenvalue weighted by Crippen LogP contribution is -1.96. The minimum absolute atomic E-state index is 0.581. The first kappa shape index (κ1) is 14.6. The van der Waals surface area contributed by atoms with E-state index in [1.165, 1.54) is 14.2 Å². The number of hydrogen-bond donors (Lipinski definition) is 1. The van der Waals surface area contributed by atoms with E-state index in [9.17, 15) is 9.59 Å². The zero-order valence-electron chi connectivity index (χ0n) is 7.80. The Morgan fingerprint density at radius 3 is 2.14 bits per heavy atom. The van der Waals surface area contributed by atoms with E-state index in [-0.39, 0.29) is 0 Å². The van der Waals surface area contributed by atoms with Crippen LogP contribution in [-0.2, 0) is 24.2 Å². The van der Waals surface area contributed by atoms with Gasteiger partial charge in [-0.05, 0) is 0 Å². The minimum Gasteiger partial charge on any atom is -0.477 e. The number of nitrogens with zero attached hydrogens (tertiary/aromatic N) is 1. The van der Waals surface area contributed by atoms with Crippen LogP contribution in [0.3, 0.4) is 0 Å². The Hall–Kier alpha value is -1.89. The first-order valence-electron chi connectivity index (χ1n) is 3.25. The van der Waals surface area contributed by atoms with Gasteiger partial charge in [0.1, 0.15) is 7.11 Å².